The van der Waals surface area contributed by atoms with Gasteiger partial charge in [0.15, 0.2) is 0 Å². The predicted octanol–water partition coefficient (Wildman–Crippen LogP) is 2.93. The molecule has 6 nitrogen and oxygen atoms in total. The van der Waals surface area contributed by atoms with Crippen molar-refractivity contribution in [1.82, 2.24) is 10.6 Å². The van der Waals surface area contributed by atoms with E-state index in [9.17, 15) is 14.4 Å². The standard InChI is InChI=1S/C19H26BrN3O3S/c20-15-7-4-8-16(11-15)23-18(25)13-27-12-17(24)21-9-10-22-19(26)14-5-2-1-3-6-14/h4,7-8,11,14H,1-3,5-6,9-10,12-13H2,(H,21,24)(H,22,26)(H,23,25). The molecule has 0 aromatic heterocycles. The van der Waals surface area contributed by atoms with Crippen LogP contribution in [0.15, 0.2) is 28.7 Å². The summed E-state index contributed by atoms with van der Waals surface area (Å²) >= 11 is 4.61. The van der Waals surface area contributed by atoms with Gasteiger partial charge in [0, 0.05) is 29.2 Å². The molecule has 0 heterocycles. The monoisotopic (exact) mass is 455 g/mol. The third-order valence-corrected chi connectivity index (χ3v) is 5.72. The van der Waals surface area contributed by atoms with Crippen LogP contribution >= 0.6 is 27.7 Å². The van der Waals surface area contributed by atoms with Crippen molar-refractivity contribution in [3.05, 3.63) is 28.7 Å². The summed E-state index contributed by atoms with van der Waals surface area (Å²) in [5.74, 6) is 0.366. The fourth-order valence-corrected chi connectivity index (χ4v) is 3.99. The van der Waals surface area contributed by atoms with Gasteiger partial charge in [-0.1, -0.05) is 41.3 Å². The summed E-state index contributed by atoms with van der Waals surface area (Å²) in [6, 6.07) is 7.35. The Morgan fingerprint density at radius 3 is 2.44 bits per heavy atom. The fourth-order valence-electron chi connectivity index (χ4n) is 2.95. The molecule has 1 aliphatic rings. The van der Waals surface area contributed by atoms with E-state index in [1.807, 2.05) is 24.3 Å². The Balaban J connectivity index is 1.51. The molecule has 27 heavy (non-hydrogen) atoms. The van der Waals surface area contributed by atoms with Gasteiger partial charge in [-0.2, -0.15) is 0 Å². The van der Waals surface area contributed by atoms with Crippen molar-refractivity contribution in [2.24, 2.45) is 5.92 Å². The van der Waals surface area contributed by atoms with Crippen LogP contribution in [0.25, 0.3) is 0 Å². The molecule has 148 valence electrons. The lowest BCUT2D eigenvalue weighted by molar-refractivity contribution is -0.126. The van der Waals surface area contributed by atoms with Crippen molar-refractivity contribution in [2.75, 3.05) is 29.9 Å². The van der Waals surface area contributed by atoms with Crippen molar-refractivity contribution >= 4 is 51.1 Å². The summed E-state index contributed by atoms with van der Waals surface area (Å²) in [6.07, 6.45) is 5.41. The number of amides is 3. The van der Waals surface area contributed by atoms with Gasteiger partial charge in [-0.05, 0) is 31.0 Å². The lowest BCUT2D eigenvalue weighted by atomic mass is 9.89. The predicted molar refractivity (Wildman–Crippen MR) is 113 cm³/mol. The average Bonchev–Trinajstić information content (AvgIpc) is 2.66. The molecule has 1 saturated carbocycles. The first-order valence-electron chi connectivity index (χ1n) is 9.22. The minimum atomic E-state index is -0.148. The van der Waals surface area contributed by atoms with Gasteiger partial charge in [-0.15, -0.1) is 11.8 Å². The number of rotatable bonds is 9. The van der Waals surface area contributed by atoms with Gasteiger partial charge >= 0.3 is 0 Å². The maximum absolute atomic E-state index is 12.0. The van der Waals surface area contributed by atoms with E-state index < -0.39 is 0 Å². The number of thioether (sulfide) groups is 1. The quantitative estimate of drug-likeness (QED) is 0.499. The highest BCUT2D eigenvalue weighted by Crippen LogP contribution is 2.23. The third kappa shape index (κ3) is 8.79. The lowest BCUT2D eigenvalue weighted by Gasteiger charge is -2.20. The average molecular weight is 456 g/mol. The Hall–Kier alpha value is -1.54. The van der Waals surface area contributed by atoms with Gasteiger partial charge in [0.25, 0.3) is 0 Å². The molecule has 3 amide bonds. The van der Waals surface area contributed by atoms with Crippen LogP contribution in [0.1, 0.15) is 32.1 Å². The Bertz CT molecular complexity index is 651. The number of halogens is 1. The first kappa shape index (κ1) is 21.8. The maximum atomic E-state index is 12.0. The van der Waals surface area contributed by atoms with Gasteiger partial charge in [0.2, 0.25) is 17.7 Å². The zero-order chi connectivity index (χ0) is 19.5. The summed E-state index contributed by atoms with van der Waals surface area (Å²) in [7, 11) is 0. The number of benzene rings is 1. The Morgan fingerprint density at radius 2 is 1.70 bits per heavy atom. The molecule has 2 rings (SSSR count). The molecule has 0 spiro atoms. The van der Waals surface area contributed by atoms with Gasteiger partial charge in [0.1, 0.15) is 0 Å². The number of hydrogen-bond donors (Lipinski definition) is 3. The van der Waals surface area contributed by atoms with E-state index in [4.69, 9.17) is 0 Å². The molecule has 0 bridgehead atoms. The Labute approximate surface area is 172 Å². The Kier molecular flexibility index (Phi) is 9.69. The Morgan fingerprint density at radius 1 is 1.00 bits per heavy atom. The van der Waals surface area contributed by atoms with Crippen molar-refractivity contribution in [2.45, 2.75) is 32.1 Å². The lowest BCUT2D eigenvalue weighted by Crippen LogP contribution is -2.38. The van der Waals surface area contributed by atoms with Crippen LogP contribution in [0.3, 0.4) is 0 Å². The fraction of sp³-hybridized carbons (Fsp3) is 0.526. The largest absolute Gasteiger partial charge is 0.354 e. The molecule has 8 heteroatoms. The van der Waals surface area contributed by atoms with Gasteiger partial charge in [-0.3, -0.25) is 14.4 Å². The van der Waals surface area contributed by atoms with E-state index in [2.05, 4.69) is 31.9 Å². The van der Waals surface area contributed by atoms with Crippen molar-refractivity contribution in [3.63, 3.8) is 0 Å². The summed E-state index contributed by atoms with van der Waals surface area (Å²) < 4.78 is 0.892. The summed E-state index contributed by atoms with van der Waals surface area (Å²) in [4.78, 5) is 35.6. The summed E-state index contributed by atoms with van der Waals surface area (Å²) in [5.41, 5.74) is 0.716. The smallest absolute Gasteiger partial charge is 0.234 e. The van der Waals surface area contributed by atoms with Crippen LogP contribution in [0.4, 0.5) is 5.69 Å². The molecule has 1 aromatic carbocycles. The molecule has 0 atom stereocenters. The topological polar surface area (TPSA) is 87.3 Å². The number of anilines is 1. The minimum Gasteiger partial charge on any atom is -0.354 e. The number of carbonyl (C=O) groups is 3. The molecule has 0 radical (unpaired) electrons. The summed E-state index contributed by atoms with van der Waals surface area (Å²) in [5, 5.41) is 8.43. The molecule has 1 aliphatic carbocycles. The summed E-state index contributed by atoms with van der Waals surface area (Å²) in [6.45, 7) is 0.844. The third-order valence-electron chi connectivity index (χ3n) is 4.30. The highest BCUT2D eigenvalue weighted by molar-refractivity contribution is 9.10. The van der Waals surface area contributed by atoms with Crippen LogP contribution < -0.4 is 16.0 Å². The minimum absolute atomic E-state index is 0.0996. The molecule has 0 saturated heterocycles. The highest BCUT2D eigenvalue weighted by atomic mass is 79.9. The van der Waals surface area contributed by atoms with Crippen LogP contribution in [-0.4, -0.2) is 42.3 Å². The molecular formula is C19H26BrN3O3S. The first-order valence-corrected chi connectivity index (χ1v) is 11.2. The van der Waals surface area contributed by atoms with Crippen LogP contribution in [-0.2, 0) is 14.4 Å². The second kappa shape index (κ2) is 12.0. The first-order chi connectivity index (χ1) is 13.0. The van der Waals surface area contributed by atoms with Crippen LogP contribution in [0.2, 0.25) is 0 Å². The van der Waals surface area contributed by atoms with Crippen molar-refractivity contribution in [1.29, 1.82) is 0 Å². The molecule has 0 unspecified atom stereocenters. The molecule has 3 N–H and O–H groups in total. The molecule has 1 fully saturated rings. The van der Waals surface area contributed by atoms with Gasteiger partial charge in [0.05, 0.1) is 11.5 Å². The van der Waals surface area contributed by atoms with Gasteiger partial charge in [-0.25, -0.2) is 0 Å². The SMILES string of the molecule is O=C(CSCC(=O)Nc1cccc(Br)c1)NCCNC(=O)C1CCCCC1. The normalized spacial score (nSPS) is 14.4. The van der Waals surface area contributed by atoms with Crippen LogP contribution in [0.5, 0.6) is 0 Å². The maximum Gasteiger partial charge on any atom is 0.234 e. The number of carbonyl (C=O) groups excluding carboxylic acids is 3. The zero-order valence-electron chi connectivity index (χ0n) is 15.3. The van der Waals surface area contributed by atoms with Crippen molar-refractivity contribution in [3.8, 4) is 0 Å². The molecular weight excluding hydrogens is 430 g/mol. The van der Waals surface area contributed by atoms with E-state index in [-0.39, 0.29) is 35.1 Å². The van der Waals surface area contributed by atoms with Crippen LogP contribution in [0, 0.1) is 5.92 Å². The second-order valence-electron chi connectivity index (χ2n) is 6.53. The molecule has 1 aromatic rings. The highest BCUT2D eigenvalue weighted by Gasteiger charge is 2.20. The molecule has 0 aliphatic heterocycles. The van der Waals surface area contributed by atoms with E-state index in [1.165, 1.54) is 18.2 Å². The number of hydrogen-bond acceptors (Lipinski definition) is 4. The zero-order valence-corrected chi connectivity index (χ0v) is 17.7. The second-order valence-corrected chi connectivity index (χ2v) is 8.43. The number of nitrogens with one attached hydrogen (secondary N) is 3. The van der Waals surface area contributed by atoms with Crippen molar-refractivity contribution < 1.29 is 14.4 Å². The van der Waals surface area contributed by atoms with E-state index >= 15 is 0 Å². The van der Waals surface area contributed by atoms with Gasteiger partial charge < -0.3 is 16.0 Å². The van der Waals surface area contributed by atoms with E-state index in [1.54, 1.807) is 0 Å². The van der Waals surface area contributed by atoms with E-state index in [0.29, 0.717) is 18.8 Å². The van der Waals surface area contributed by atoms with E-state index in [0.717, 1.165) is 30.2 Å².